The van der Waals surface area contributed by atoms with Gasteiger partial charge in [0.15, 0.2) is 11.5 Å². The summed E-state index contributed by atoms with van der Waals surface area (Å²) < 4.78 is 10.6. The monoisotopic (exact) mass is 307 g/mol. The summed E-state index contributed by atoms with van der Waals surface area (Å²) in [4.78, 5) is 2.23. The van der Waals surface area contributed by atoms with Crippen LogP contribution in [0.15, 0.2) is 30.9 Å². The van der Waals surface area contributed by atoms with Crippen molar-refractivity contribution >= 4 is 0 Å². The lowest BCUT2D eigenvalue weighted by atomic mass is 10.0. The van der Waals surface area contributed by atoms with Gasteiger partial charge in [-0.05, 0) is 30.5 Å². The maximum absolute atomic E-state index is 10.3. The van der Waals surface area contributed by atoms with E-state index in [1.54, 1.807) is 27.2 Å². The normalized spacial score (nSPS) is 14.0. The molecule has 0 saturated heterocycles. The van der Waals surface area contributed by atoms with Crippen LogP contribution in [0.2, 0.25) is 0 Å². The van der Waals surface area contributed by atoms with Crippen molar-refractivity contribution in [2.24, 2.45) is 5.92 Å². The minimum absolute atomic E-state index is 0.515. The SMILES string of the molecule is C=CC(C)(O)CN(Cc1ccc(OC)c(OC)c1)CC(C)C. The average Bonchev–Trinajstić information content (AvgIpc) is 2.45. The second kappa shape index (κ2) is 8.20. The molecule has 0 radical (unpaired) electrons. The third-order valence-corrected chi connectivity index (χ3v) is 3.46. The minimum atomic E-state index is -0.897. The van der Waals surface area contributed by atoms with Crippen molar-refractivity contribution in [3.05, 3.63) is 36.4 Å². The maximum Gasteiger partial charge on any atom is 0.161 e. The zero-order valence-electron chi connectivity index (χ0n) is 14.4. The van der Waals surface area contributed by atoms with Crippen LogP contribution in [0.4, 0.5) is 0 Å². The topological polar surface area (TPSA) is 41.9 Å². The van der Waals surface area contributed by atoms with Gasteiger partial charge in [0.25, 0.3) is 0 Å². The average molecular weight is 307 g/mol. The highest BCUT2D eigenvalue weighted by molar-refractivity contribution is 5.42. The summed E-state index contributed by atoms with van der Waals surface area (Å²) in [5, 5.41) is 10.3. The van der Waals surface area contributed by atoms with Crippen LogP contribution < -0.4 is 9.47 Å². The molecule has 1 aromatic rings. The van der Waals surface area contributed by atoms with Gasteiger partial charge in [0.1, 0.15) is 0 Å². The summed E-state index contributed by atoms with van der Waals surface area (Å²) in [6.07, 6.45) is 1.59. The van der Waals surface area contributed by atoms with Crippen LogP contribution in [0.25, 0.3) is 0 Å². The van der Waals surface area contributed by atoms with Gasteiger partial charge in [-0.2, -0.15) is 0 Å². The van der Waals surface area contributed by atoms with E-state index in [2.05, 4.69) is 25.3 Å². The molecular formula is C18H29NO3. The van der Waals surface area contributed by atoms with Crippen molar-refractivity contribution in [3.63, 3.8) is 0 Å². The van der Waals surface area contributed by atoms with Gasteiger partial charge in [-0.25, -0.2) is 0 Å². The molecule has 0 aliphatic rings. The maximum atomic E-state index is 10.3. The van der Waals surface area contributed by atoms with E-state index in [9.17, 15) is 5.11 Å². The molecule has 1 unspecified atom stereocenters. The first-order valence-corrected chi connectivity index (χ1v) is 7.60. The van der Waals surface area contributed by atoms with E-state index in [0.717, 1.165) is 30.2 Å². The van der Waals surface area contributed by atoms with Gasteiger partial charge >= 0.3 is 0 Å². The molecule has 0 aromatic heterocycles. The molecule has 1 N–H and O–H groups in total. The standard InChI is InChI=1S/C18H29NO3/c1-7-18(4,20)13-19(11-14(2)3)12-15-8-9-16(21-5)17(10-15)22-6/h7-10,14,20H,1,11-13H2,2-6H3. The first-order chi connectivity index (χ1) is 10.3. The smallest absolute Gasteiger partial charge is 0.161 e. The summed E-state index contributed by atoms with van der Waals surface area (Å²) in [5.41, 5.74) is 0.226. The predicted octanol–water partition coefficient (Wildman–Crippen LogP) is 3.10. The van der Waals surface area contributed by atoms with E-state index < -0.39 is 5.60 Å². The van der Waals surface area contributed by atoms with Crippen molar-refractivity contribution < 1.29 is 14.6 Å². The molecule has 124 valence electrons. The number of ether oxygens (including phenoxy) is 2. The zero-order valence-corrected chi connectivity index (χ0v) is 14.4. The summed E-state index contributed by atoms with van der Waals surface area (Å²) >= 11 is 0. The van der Waals surface area contributed by atoms with Gasteiger partial charge in [0.05, 0.1) is 19.8 Å². The van der Waals surface area contributed by atoms with Crippen LogP contribution in [0.3, 0.4) is 0 Å². The molecule has 0 spiro atoms. The first-order valence-electron chi connectivity index (χ1n) is 7.60. The molecule has 0 fully saturated rings. The number of nitrogens with zero attached hydrogens (tertiary/aromatic N) is 1. The molecule has 1 aromatic carbocycles. The van der Waals surface area contributed by atoms with Gasteiger partial charge in [0, 0.05) is 19.6 Å². The van der Waals surface area contributed by atoms with Gasteiger partial charge in [0.2, 0.25) is 0 Å². The Morgan fingerprint density at radius 1 is 1.27 bits per heavy atom. The second-order valence-corrected chi connectivity index (χ2v) is 6.31. The molecule has 0 heterocycles. The summed E-state index contributed by atoms with van der Waals surface area (Å²) in [6, 6.07) is 5.92. The molecule has 0 saturated carbocycles. The highest BCUT2D eigenvalue weighted by atomic mass is 16.5. The lowest BCUT2D eigenvalue weighted by Gasteiger charge is -2.31. The van der Waals surface area contributed by atoms with Gasteiger partial charge < -0.3 is 14.6 Å². The molecule has 4 nitrogen and oxygen atoms in total. The van der Waals surface area contributed by atoms with Crippen molar-refractivity contribution in [2.75, 3.05) is 27.3 Å². The number of benzene rings is 1. The van der Waals surface area contributed by atoms with Crippen LogP contribution in [0.5, 0.6) is 11.5 Å². The Labute approximate surface area is 134 Å². The first kappa shape index (κ1) is 18.5. The Balaban J connectivity index is 2.91. The Kier molecular flexibility index (Phi) is 6.91. The van der Waals surface area contributed by atoms with Crippen molar-refractivity contribution in [2.45, 2.75) is 32.9 Å². The van der Waals surface area contributed by atoms with Gasteiger partial charge in [-0.3, -0.25) is 4.90 Å². The Bertz CT molecular complexity index is 483. The third kappa shape index (κ3) is 5.70. The number of aliphatic hydroxyl groups is 1. The number of hydrogen-bond acceptors (Lipinski definition) is 4. The largest absolute Gasteiger partial charge is 0.493 e. The fourth-order valence-electron chi connectivity index (χ4n) is 2.46. The van der Waals surface area contributed by atoms with E-state index in [1.165, 1.54) is 0 Å². The van der Waals surface area contributed by atoms with Crippen molar-refractivity contribution in [1.29, 1.82) is 0 Å². The van der Waals surface area contributed by atoms with E-state index >= 15 is 0 Å². The van der Waals surface area contributed by atoms with Gasteiger partial charge in [-0.1, -0.05) is 26.0 Å². The van der Waals surface area contributed by atoms with Crippen LogP contribution in [-0.2, 0) is 6.54 Å². The highest BCUT2D eigenvalue weighted by Crippen LogP contribution is 2.28. The fraction of sp³-hybridized carbons (Fsp3) is 0.556. The zero-order chi connectivity index (χ0) is 16.8. The second-order valence-electron chi connectivity index (χ2n) is 6.31. The lowest BCUT2D eigenvalue weighted by Crippen LogP contribution is -2.40. The molecule has 0 amide bonds. The molecule has 1 rings (SSSR count). The molecule has 0 bridgehead atoms. The van der Waals surface area contributed by atoms with Gasteiger partial charge in [-0.15, -0.1) is 6.58 Å². The quantitative estimate of drug-likeness (QED) is 0.712. The van der Waals surface area contributed by atoms with E-state index in [4.69, 9.17) is 9.47 Å². The fourth-order valence-corrected chi connectivity index (χ4v) is 2.46. The Hall–Kier alpha value is -1.52. The predicted molar refractivity (Wildman–Crippen MR) is 90.5 cm³/mol. The third-order valence-electron chi connectivity index (χ3n) is 3.46. The highest BCUT2D eigenvalue weighted by Gasteiger charge is 2.21. The van der Waals surface area contributed by atoms with Crippen LogP contribution in [0, 0.1) is 5.92 Å². The molecule has 4 heteroatoms. The van der Waals surface area contributed by atoms with Crippen molar-refractivity contribution in [3.8, 4) is 11.5 Å². The number of methoxy groups -OCH3 is 2. The summed E-state index contributed by atoms with van der Waals surface area (Å²) in [7, 11) is 3.26. The molecule has 0 aliphatic heterocycles. The summed E-state index contributed by atoms with van der Waals surface area (Å²) in [5.74, 6) is 1.96. The molecule has 1 atom stereocenters. The molecule has 22 heavy (non-hydrogen) atoms. The van der Waals surface area contributed by atoms with E-state index in [0.29, 0.717) is 12.5 Å². The van der Waals surface area contributed by atoms with Crippen LogP contribution in [-0.4, -0.2) is 42.9 Å². The molecule has 0 aliphatic carbocycles. The lowest BCUT2D eigenvalue weighted by molar-refractivity contribution is 0.0541. The van der Waals surface area contributed by atoms with Crippen molar-refractivity contribution in [1.82, 2.24) is 4.90 Å². The number of hydrogen-bond donors (Lipinski definition) is 1. The Morgan fingerprint density at radius 2 is 1.91 bits per heavy atom. The Morgan fingerprint density at radius 3 is 2.41 bits per heavy atom. The summed E-state index contributed by atoms with van der Waals surface area (Å²) in [6.45, 7) is 12.0. The van der Waals surface area contributed by atoms with E-state index in [1.807, 2.05) is 18.2 Å². The molecular weight excluding hydrogens is 278 g/mol. The number of rotatable bonds is 9. The minimum Gasteiger partial charge on any atom is -0.493 e. The van der Waals surface area contributed by atoms with Crippen LogP contribution in [0.1, 0.15) is 26.3 Å². The van der Waals surface area contributed by atoms with E-state index in [-0.39, 0.29) is 0 Å². The van der Waals surface area contributed by atoms with Crippen LogP contribution >= 0.6 is 0 Å².